The van der Waals surface area contributed by atoms with E-state index in [0.29, 0.717) is 6.42 Å². The van der Waals surface area contributed by atoms with Crippen molar-refractivity contribution in [1.82, 2.24) is 9.55 Å². The Bertz CT molecular complexity index is 507. The van der Waals surface area contributed by atoms with Crippen molar-refractivity contribution in [1.29, 1.82) is 0 Å². The zero-order valence-electron chi connectivity index (χ0n) is 11.4. The average molecular weight is 276 g/mol. The molecule has 0 aliphatic rings. The first-order chi connectivity index (χ1) is 9.24. The van der Waals surface area contributed by atoms with Gasteiger partial charge in [-0.25, -0.2) is 4.98 Å². The quantitative estimate of drug-likeness (QED) is 0.823. The standard InChI is InChI=1S/C15H20N2OS/c1-3-9-17-10-8-16-15(17)11-14(18)12-4-6-13(19-2)7-5-12/h4-8,10,14,18H,3,9,11H2,1-2H3. The molecule has 0 radical (unpaired) electrons. The number of aromatic nitrogens is 2. The van der Waals surface area contributed by atoms with Crippen molar-refractivity contribution >= 4 is 11.8 Å². The van der Waals surface area contributed by atoms with Gasteiger partial charge in [0.05, 0.1) is 6.10 Å². The first-order valence-electron chi connectivity index (χ1n) is 6.56. The molecular weight excluding hydrogens is 256 g/mol. The Balaban J connectivity index is 2.06. The Kier molecular flexibility index (Phi) is 5.05. The zero-order valence-corrected chi connectivity index (χ0v) is 12.2. The molecule has 102 valence electrons. The highest BCUT2D eigenvalue weighted by atomic mass is 32.2. The summed E-state index contributed by atoms with van der Waals surface area (Å²) in [5.74, 6) is 0.947. The molecule has 19 heavy (non-hydrogen) atoms. The van der Waals surface area contributed by atoms with Gasteiger partial charge < -0.3 is 9.67 Å². The van der Waals surface area contributed by atoms with Gasteiger partial charge in [0.2, 0.25) is 0 Å². The summed E-state index contributed by atoms with van der Waals surface area (Å²) in [4.78, 5) is 5.54. The fourth-order valence-electron chi connectivity index (χ4n) is 2.09. The summed E-state index contributed by atoms with van der Waals surface area (Å²) < 4.78 is 2.11. The van der Waals surface area contributed by atoms with Crippen LogP contribution in [0.4, 0.5) is 0 Å². The molecule has 1 heterocycles. The second kappa shape index (κ2) is 6.78. The number of rotatable bonds is 6. The van der Waals surface area contributed by atoms with Gasteiger partial charge in [-0.3, -0.25) is 0 Å². The maximum absolute atomic E-state index is 10.3. The summed E-state index contributed by atoms with van der Waals surface area (Å²) in [6.45, 7) is 3.09. The Labute approximate surface area is 118 Å². The van der Waals surface area contributed by atoms with Gasteiger partial charge in [0.1, 0.15) is 5.82 Å². The van der Waals surface area contributed by atoms with Crippen LogP contribution >= 0.6 is 11.8 Å². The van der Waals surface area contributed by atoms with E-state index in [9.17, 15) is 5.11 Å². The van der Waals surface area contributed by atoms with E-state index in [1.807, 2.05) is 36.7 Å². The maximum Gasteiger partial charge on any atom is 0.111 e. The zero-order chi connectivity index (χ0) is 13.7. The van der Waals surface area contributed by atoms with Crippen molar-refractivity contribution in [3.05, 3.63) is 48.0 Å². The van der Waals surface area contributed by atoms with Gasteiger partial charge in [0, 0.05) is 30.3 Å². The van der Waals surface area contributed by atoms with Crippen molar-refractivity contribution < 1.29 is 5.11 Å². The summed E-state index contributed by atoms with van der Waals surface area (Å²) >= 11 is 1.71. The molecule has 0 amide bonds. The Hall–Kier alpha value is -1.26. The van der Waals surface area contributed by atoms with E-state index in [4.69, 9.17) is 0 Å². The summed E-state index contributed by atoms with van der Waals surface area (Å²) in [6.07, 6.45) is 6.96. The van der Waals surface area contributed by atoms with Gasteiger partial charge >= 0.3 is 0 Å². The third-order valence-electron chi connectivity index (χ3n) is 3.14. The molecule has 0 bridgehead atoms. The van der Waals surface area contributed by atoms with E-state index in [-0.39, 0.29) is 0 Å². The Morgan fingerprint density at radius 3 is 2.68 bits per heavy atom. The lowest BCUT2D eigenvalue weighted by Crippen LogP contribution is -2.08. The first-order valence-corrected chi connectivity index (χ1v) is 7.79. The molecule has 2 aromatic rings. The molecule has 0 saturated heterocycles. The predicted molar refractivity (Wildman–Crippen MR) is 79.4 cm³/mol. The topological polar surface area (TPSA) is 38.0 Å². The second-order valence-corrected chi connectivity index (χ2v) is 5.41. The molecular formula is C15H20N2OS. The molecule has 1 N–H and O–H groups in total. The summed E-state index contributed by atoms with van der Waals surface area (Å²) in [7, 11) is 0. The van der Waals surface area contributed by atoms with Crippen LogP contribution in [-0.4, -0.2) is 20.9 Å². The van der Waals surface area contributed by atoms with Crippen molar-refractivity contribution in [2.24, 2.45) is 0 Å². The van der Waals surface area contributed by atoms with E-state index in [2.05, 4.69) is 16.5 Å². The molecule has 0 fully saturated rings. The van der Waals surface area contributed by atoms with Gasteiger partial charge in [-0.05, 0) is 30.4 Å². The lowest BCUT2D eigenvalue weighted by molar-refractivity contribution is 0.174. The monoisotopic (exact) mass is 276 g/mol. The van der Waals surface area contributed by atoms with Gasteiger partial charge in [0.25, 0.3) is 0 Å². The van der Waals surface area contributed by atoms with E-state index in [1.165, 1.54) is 4.90 Å². The third-order valence-corrected chi connectivity index (χ3v) is 3.89. The fraction of sp³-hybridized carbons (Fsp3) is 0.400. The summed E-state index contributed by atoms with van der Waals surface area (Å²) in [6, 6.07) is 8.07. The number of thioether (sulfide) groups is 1. The van der Waals surface area contributed by atoms with Gasteiger partial charge in [-0.1, -0.05) is 19.1 Å². The van der Waals surface area contributed by atoms with Crippen molar-refractivity contribution in [3.8, 4) is 0 Å². The van der Waals surface area contributed by atoms with Crippen molar-refractivity contribution in [2.75, 3.05) is 6.26 Å². The second-order valence-electron chi connectivity index (χ2n) is 4.53. The van der Waals surface area contributed by atoms with Crippen LogP contribution in [0.3, 0.4) is 0 Å². The normalized spacial score (nSPS) is 12.6. The number of aryl methyl sites for hydroxylation is 1. The molecule has 0 saturated carbocycles. The predicted octanol–water partition coefficient (Wildman–Crippen LogP) is 3.29. The SMILES string of the molecule is CCCn1ccnc1CC(O)c1ccc(SC)cc1. The highest BCUT2D eigenvalue weighted by molar-refractivity contribution is 7.98. The minimum Gasteiger partial charge on any atom is -0.388 e. The number of hydrogen-bond acceptors (Lipinski definition) is 3. The Morgan fingerprint density at radius 2 is 2.05 bits per heavy atom. The fourth-order valence-corrected chi connectivity index (χ4v) is 2.50. The Morgan fingerprint density at radius 1 is 1.32 bits per heavy atom. The molecule has 1 atom stereocenters. The van der Waals surface area contributed by atoms with Gasteiger partial charge in [-0.2, -0.15) is 0 Å². The molecule has 1 aromatic heterocycles. The number of nitrogens with zero attached hydrogens (tertiary/aromatic N) is 2. The van der Waals surface area contributed by atoms with Crippen LogP contribution in [0.15, 0.2) is 41.6 Å². The maximum atomic E-state index is 10.3. The number of aliphatic hydroxyl groups is 1. The van der Waals surface area contributed by atoms with E-state index < -0.39 is 6.10 Å². The first kappa shape index (κ1) is 14.2. The highest BCUT2D eigenvalue weighted by Crippen LogP contribution is 2.21. The number of benzene rings is 1. The van der Waals surface area contributed by atoms with Crippen LogP contribution in [0.5, 0.6) is 0 Å². The molecule has 2 rings (SSSR count). The highest BCUT2D eigenvalue weighted by Gasteiger charge is 2.12. The van der Waals surface area contributed by atoms with Crippen molar-refractivity contribution in [2.45, 2.75) is 37.3 Å². The number of imidazole rings is 1. The summed E-state index contributed by atoms with van der Waals surface area (Å²) in [5.41, 5.74) is 0.948. The molecule has 0 spiro atoms. The van der Waals surface area contributed by atoms with Crippen LogP contribution in [0.2, 0.25) is 0 Å². The van der Waals surface area contributed by atoms with Gasteiger partial charge in [0.15, 0.2) is 0 Å². The molecule has 4 heteroatoms. The third kappa shape index (κ3) is 3.61. The number of hydrogen-bond donors (Lipinski definition) is 1. The minimum atomic E-state index is -0.492. The molecule has 0 aliphatic carbocycles. The summed E-state index contributed by atoms with van der Waals surface area (Å²) in [5, 5.41) is 10.3. The van der Waals surface area contributed by atoms with Gasteiger partial charge in [-0.15, -0.1) is 11.8 Å². The minimum absolute atomic E-state index is 0.492. The average Bonchev–Trinajstić information content (AvgIpc) is 2.86. The lowest BCUT2D eigenvalue weighted by atomic mass is 10.1. The van der Waals surface area contributed by atoms with E-state index >= 15 is 0 Å². The van der Waals surface area contributed by atoms with E-state index in [1.54, 1.807) is 18.0 Å². The molecule has 0 aliphatic heterocycles. The molecule has 3 nitrogen and oxygen atoms in total. The van der Waals surface area contributed by atoms with Crippen molar-refractivity contribution in [3.63, 3.8) is 0 Å². The largest absolute Gasteiger partial charge is 0.388 e. The van der Waals surface area contributed by atoms with Crippen LogP contribution in [0.25, 0.3) is 0 Å². The molecule has 1 aromatic carbocycles. The van der Waals surface area contributed by atoms with Crippen LogP contribution < -0.4 is 0 Å². The number of aliphatic hydroxyl groups excluding tert-OH is 1. The van der Waals surface area contributed by atoms with Crippen LogP contribution in [-0.2, 0) is 13.0 Å². The molecule has 1 unspecified atom stereocenters. The van der Waals surface area contributed by atoms with Crippen LogP contribution in [0.1, 0.15) is 30.8 Å². The van der Waals surface area contributed by atoms with Crippen LogP contribution in [0, 0.1) is 0 Å². The van der Waals surface area contributed by atoms with E-state index in [0.717, 1.165) is 24.4 Å². The lowest BCUT2D eigenvalue weighted by Gasteiger charge is -2.12. The smallest absolute Gasteiger partial charge is 0.111 e.